The molecule has 3 unspecified atom stereocenters. The van der Waals surface area contributed by atoms with Gasteiger partial charge in [-0.1, -0.05) is 54.6 Å². The number of carbonyl (C=O) groups is 2. The van der Waals surface area contributed by atoms with Gasteiger partial charge < -0.3 is 4.90 Å². The van der Waals surface area contributed by atoms with Gasteiger partial charge in [-0.2, -0.15) is 0 Å². The Bertz CT molecular complexity index is 1120. The summed E-state index contributed by atoms with van der Waals surface area (Å²) in [5.74, 6) is -1.22. The average Bonchev–Trinajstić information content (AvgIpc) is 3.24. The first kappa shape index (κ1) is 18.1. The van der Waals surface area contributed by atoms with Crippen molar-refractivity contribution < 1.29 is 9.59 Å². The first-order valence-corrected chi connectivity index (χ1v) is 9.76. The van der Waals surface area contributed by atoms with Gasteiger partial charge in [-0.05, 0) is 34.8 Å². The number of hydrogen-bond acceptors (Lipinski definition) is 5. The summed E-state index contributed by atoms with van der Waals surface area (Å²) in [6, 6.07) is 18.3. The predicted octanol–water partition coefficient (Wildman–Crippen LogP) is 3.63. The maximum atomic E-state index is 13.5. The highest BCUT2D eigenvalue weighted by Gasteiger charge is 2.56. The van der Waals surface area contributed by atoms with E-state index in [0.29, 0.717) is 24.4 Å². The van der Waals surface area contributed by atoms with E-state index in [1.54, 1.807) is 12.1 Å². The number of fused-ring (bicyclic) bond motifs is 3. The quantitative estimate of drug-likeness (QED) is 0.341. The molecule has 5 rings (SSSR count). The Morgan fingerprint density at radius 1 is 1.03 bits per heavy atom. The van der Waals surface area contributed by atoms with Crippen molar-refractivity contribution in [2.75, 3.05) is 4.90 Å². The van der Waals surface area contributed by atoms with Crippen molar-refractivity contribution in [3.63, 3.8) is 0 Å². The van der Waals surface area contributed by atoms with E-state index in [1.807, 2.05) is 59.5 Å². The molecule has 0 aromatic heterocycles. The molecule has 0 spiro atoms. The van der Waals surface area contributed by atoms with Crippen molar-refractivity contribution in [1.29, 1.82) is 0 Å². The third-order valence-electron chi connectivity index (χ3n) is 5.87. The topological polar surface area (TPSA) is 102 Å². The molecule has 2 heterocycles. The Labute approximate surface area is 172 Å². The van der Waals surface area contributed by atoms with Crippen molar-refractivity contribution in [2.24, 2.45) is 21.9 Å². The van der Waals surface area contributed by atoms with Gasteiger partial charge in [-0.25, -0.2) is 9.89 Å². The number of benzene rings is 2. The largest absolute Gasteiger partial charge is 0.341 e. The number of aliphatic imine (C=N–C) groups is 1. The van der Waals surface area contributed by atoms with E-state index < -0.39 is 17.9 Å². The molecule has 8 heteroatoms. The number of anilines is 1. The van der Waals surface area contributed by atoms with Gasteiger partial charge in [-0.15, -0.1) is 0 Å². The molecule has 8 nitrogen and oxygen atoms in total. The molecule has 148 valence electrons. The molecule has 30 heavy (non-hydrogen) atoms. The smallest absolute Gasteiger partial charge is 0.240 e. The highest BCUT2D eigenvalue weighted by molar-refractivity contribution is 6.22. The van der Waals surface area contributed by atoms with E-state index >= 15 is 0 Å². The summed E-state index contributed by atoms with van der Waals surface area (Å²) in [5.41, 5.74) is 11.3. The SMILES string of the molecule is [N-]=[N+]=NC1=NC2=CCC3C(=O)N(c4ccccc4)C(=O)C3C2N1Cc1ccccc1. The molecular formula is C22H18N6O2. The minimum atomic E-state index is -0.573. The van der Waals surface area contributed by atoms with Crippen LogP contribution in [-0.4, -0.2) is 28.7 Å². The summed E-state index contributed by atoms with van der Waals surface area (Å²) in [6.07, 6.45) is 2.33. The Hall–Kier alpha value is -3.90. The lowest BCUT2D eigenvalue weighted by Crippen LogP contribution is -2.46. The average molecular weight is 398 g/mol. The number of guanidine groups is 1. The molecule has 2 aromatic carbocycles. The standard InChI is InChI=1S/C22H18N6O2/c23-26-25-22-24-17-12-11-16-18(19(17)27(22)13-14-7-3-1-4-8-14)21(30)28(20(16)29)15-9-5-2-6-10-15/h1-10,12,16,18-19H,11,13H2. The number of hydrogen-bond donors (Lipinski definition) is 0. The van der Waals surface area contributed by atoms with Gasteiger partial charge in [0.1, 0.15) is 0 Å². The fourth-order valence-electron chi connectivity index (χ4n) is 4.57. The molecule has 2 aromatic rings. The number of rotatable bonds is 3. The number of amides is 2. The number of carbonyl (C=O) groups excluding carboxylic acids is 2. The van der Waals surface area contributed by atoms with Crippen LogP contribution in [0.4, 0.5) is 5.69 Å². The number of imide groups is 1. The van der Waals surface area contributed by atoms with Crippen molar-refractivity contribution in [1.82, 2.24) is 4.90 Å². The van der Waals surface area contributed by atoms with Crippen LogP contribution in [0.15, 0.2) is 82.5 Å². The third kappa shape index (κ3) is 2.77. The monoisotopic (exact) mass is 398 g/mol. The van der Waals surface area contributed by atoms with Gasteiger partial charge in [0.25, 0.3) is 0 Å². The van der Waals surface area contributed by atoms with Gasteiger partial charge in [-0.3, -0.25) is 9.59 Å². The Kier molecular flexibility index (Phi) is 4.34. The summed E-state index contributed by atoms with van der Waals surface area (Å²) in [7, 11) is 0. The third-order valence-corrected chi connectivity index (χ3v) is 5.87. The molecule has 3 atom stereocenters. The Morgan fingerprint density at radius 2 is 1.73 bits per heavy atom. The number of allylic oxidation sites excluding steroid dienone is 1. The van der Waals surface area contributed by atoms with Crippen LogP contribution in [-0.2, 0) is 16.1 Å². The normalized spacial score (nSPS) is 24.7. The van der Waals surface area contributed by atoms with Gasteiger partial charge >= 0.3 is 0 Å². The highest BCUT2D eigenvalue weighted by atomic mass is 16.2. The first-order chi connectivity index (χ1) is 14.7. The number of nitrogens with zero attached hydrogens (tertiary/aromatic N) is 6. The van der Waals surface area contributed by atoms with E-state index in [4.69, 9.17) is 5.53 Å². The Balaban J connectivity index is 1.54. The second-order valence-electron chi connectivity index (χ2n) is 7.50. The van der Waals surface area contributed by atoms with Crippen molar-refractivity contribution in [2.45, 2.75) is 19.0 Å². The molecule has 0 N–H and O–H groups in total. The zero-order chi connectivity index (χ0) is 20.7. The number of azide groups is 1. The molecule has 1 fully saturated rings. The van der Waals surface area contributed by atoms with Gasteiger partial charge in [0.05, 0.1) is 29.3 Å². The minimum absolute atomic E-state index is 0.191. The summed E-state index contributed by atoms with van der Waals surface area (Å²) in [6.45, 7) is 0.427. The first-order valence-electron chi connectivity index (χ1n) is 9.76. The van der Waals surface area contributed by atoms with Crippen LogP contribution in [0.5, 0.6) is 0 Å². The summed E-state index contributed by atoms with van der Waals surface area (Å²) in [4.78, 5) is 37.1. The van der Waals surface area contributed by atoms with Crippen LogP contribution in [0.1, 0.15) is 12.0 Å². The highest BCUT2D eigenvalue weighted by Crippen LogP contribution is 2.45. The second kappa shape index (κ2) is 7.17. The minimum Gasteiger partial charge on any atom is -0.341 e. The van der Waals surface area contributed by atoms with Gasteiger partial charge in [0, 0.05) is 11.5 Å². The fourth-order valence-corrected chi connectivity index (χ4v) is 4.57. The van der Waals surface area contributed by atoms with Crippen LogP contribution in [0.25, 0.3) is 10.4 Å². The summed E-state index contributed by atoms with van der Waals surface area (Å²) in [5, 5.41) is 3.77. The Morgan fingerprint density at radius 3 is 2.43 bits per heavy atom. The van der Waals surface area contributed by atoms with E-state index in [0.717, 1.165) is 5.56 Å². The van der Waals surface area contributed by atoms with E-state index in [-0.39, 0.29) is 17.8 Å². The van der Waals surface area contributed by atoms with Crippen LogP contribution >= 0.6 is 0 Å². The molecule has 2 amide bonds. The molecule has 0 radical (unpaired) electrons. The van der Waals surface area contributed by atoms with Crippen molar-refractivity contribution in [3.05, 3.63) is 88.4 Å². The molecule has 2 aliphatic heterocycles. The van der Waals surface area contributed by atoms with Crippen molar-refractivity contribution >= 4 is 23.5 Å². The maximum absolute atomic E-state index is 13.5. The predicted molar refractivity (Wildman–Crippen MR) is 111 cm³/mol. The molecule has 1 aliphatic carbocycles. The zero-order valence-electron chi connectivity index (χ0n) is 16.0. The van der Waals surface area contributed by atoms with Gasteiger partial charge in [0.2, 0.25) is 11.8 Å². The lowest BCUT2D eigenvalue weighted by molar-refractivity contribution is -0.122. The molecule has 1 saturated heterocycles. The second-order valence-corrected chi connectivity index (χ2v) is 7.50. The molecule has 0 bridgehead atoms. The maximum Gasteiger partial charge on any atom is 0.240 e. The van der Waals surface area contributed by atoms with Crippen LogP contribution < -0.4 is 4.90 Å². The summed E-state index contributed by atoms with van der Waals surface area (Å²) >= 11 is 0. The van der Waals surface area contributed by atoms with E-state index in [1.165, 1.54) is 4.90 Å². The van der Waals surface area contributed by atoms with Crippen LogP contribution in [0.3, 0.4) is 0 Å². The number of para-hydroxylation sites is 1. The van der Waals surface area contributed by atoms with Crippen molar-refractivity contribution in [3.8, 4) is 0 Å². The lowest BCUT2D eigenvalue weighted by Gasteiger charge is -2.34. The van der Waals surface area contributed by atoms with E-state index in [9.17, 15) is 9.59 Å². The lowest BCUT2D eigenvalue weighted by atomic mass is 9.79. The van der Waals surface area contributed by atoms with Crippen LogP contribution in [0.2, 0.25) is 0 Å². The van der Waals surface area contributed by atoms with Gasteiger partial charge in [0.15, 0.2) is 5.96 Å². The fraction of sp³-hybridized carbons (Fsp3) is 0.227. The summed E-state index contributed by atoms with van der Waals surface area (Å²) < 4.78 is 0. The zero-order valence-corrected chi connectivity index (χ0v) is 16.0. The van der Waals surface area contributed by atoms with E-state index in [2.05, 4.69) is 15.0 Å². The molecule has 0 saturated carbocycles. The molecular weight excluding hydrogens is 380 g/mol. The molecule has 3 aliphatic rings. The van der Waals surface area contributed by atoms with Crippen LogP contribution in [0, 0.1) is 11.8 Å².